The predicted octanol–water partition coefficient (Wildman–Crippen LogP) is 0.779. The number of allylic oxidation sites excluding steroid dienone is 6. The highest BCUT2D eigenvalue weighted by Gasteiger charge is 2.20. The van der Waals surface area contributed by atoms with Gasteiger partial charge in [0.25, 0.3) is 0 Å². The van der Waals surface area contributed by atoms with Crippen LogP contribution in [0.3, 0.4) is 0 Å². The fraction of sp³-hybridized carbons (Fsp3) is 0.318. The van der Waals surface area contributed by atoms with Crippen LogP contribution in [0.1, 0.15) is 26.7 Å². The van der Waals surface area contributed by atoms with E-state index in [9.17, 15) is 0 Å². The lowest BCUT2D eigenvalue weighted by molar-refractivity contribution is -0.105. The number of aliphatic imine (C=N–C) groups is 2. The molecule has 2 heterocycles. The van der Waals surface area contributed by atoms with Gasteiger partial charge in [0.05, 0.1) is 11.4 Å². The highest BCUT2D eigenvalue weighted by molar-refractivity contribution is 5.97. The van der Waals surface area contributed by atoms with E-state index in [2.05, 4.69) is 34.5 Å². The molecule has 8 N–H and O–H groups in total. The fourth-order valence-electron chi connectivity index (χ4n) is 2.89. The Balaban J connectivity index is 1.72. The van der Waals surface area contributed by atoms with E-state index in [0.717, 1.165) is 40.6 Å². The quantitative estimate of drug-likeness (QED) is 0.309. The van der Waals surface area contributed by atoms with Gasteiger partial charge in [-0.2, -0.15) is 0 Å². The fourth-order valence-corrected chi connectivity index (χ4v) is 2.89. The molecule has 0 radical (unpaired) electrons. The SMILES string of the molecule is CC(C)C(C=[NH2+])=CC(N)=NC1=CC=C2NC=C(C(C=NCC3CC3)=CN)C=C2N1. The topological polar surface area (TPSA) is 126 Å². The van der Waals surface area contributed by atoms with Crippen molar-refractivity contribution >= 4 is 18.3 Å². The lowest BCUT2D eigenvalue weighted by Crippen LogP contribution is -2.32. The van der Waals surface area contributed by atoms with Crippen LogP contribution in [0.2, 0.25) is 0 Å². The van der Waals surface area contributed by atoms with Crippen LogP contribution in [0.4, 0.5) is 0 Å². The Bertz CT molecular complexity index is 903. The molecule has 0 aromatic heterocycles. The minimum atomic E-state index is 0.273. The zero-order valence-electron chi connectivity index (χ0n) is 17.0. The van der Waals surface area contributed by atoms with E-state index in [1.165, 1.54) is 12.8 Å². The molecule has 0 amide bonds. The van der Waals surface area contributed by atoms with E-state index in [1.54, 1.807) is 18.5 Å². The van der Waals surface area contributed by atoms with Gasteiger partial charge >= 0.3 is 0 Å². The van der Waals surface area contributed by atoms with Gasteiger partial charge in [-0.25, -0.2) is 4.99 Å². The average Bonchev–Trinajstić information content (AvgIpc) is 3.53. The summed E-state index contributed by atoms with van der Waals surface area (Å²) < 4.78 is 0. The average molecular weight is 393 g/mol. The molecular formula is C22H30N7+. The number of nitrogens with two attached hydrogens (primary N) is 3. The summed E-state index contributed by atoms with van der Waals surface area (Å²) in [6, 6.07) is 0. The van der Waals surface area contributed by atoms with E-state index in [0.29, 0.717) is 11.7 Å². The van der Waals surface area contributed by atoms with Crippen molar-refractivity contribution in [2.75, 3.05) is 6.54 Å². The molecule has 0 spiro atoms. The highest BCUT2D eigenvalue weighted by Crippen LogP contribution is 2.29. The molecule has 0 bridgehead atoms. The third-order valence-electron chi connectivity index (χ3n) is 4.87. The second-order valence-corrected chi connectivity index (χ2v) is 7.62. The molecular weight excluding hydrogens is 362 g/mol. The Kier molecular flexibility index (Phi) is 6.49. The Morgan fingerprint density at radius 3 is 2.76 bits per heavy atom. The third-order valence-corrected chi connectivity index (χ3v) is 4.87. The standard InChI is InChI=1S/C22H29N7/c1-14(2)16(9-23)8-21(25)29-22-6-5-19-20(28-22)7-17(13-27-19)18(10-24)12-26-11-15-3-4-15/h5-10,12-15,23,27-28H,3-4,11,24H2,1-2H3,(H2,25,29)/p+1. The van der Waals surface area contributed by atoms with Crippen molar-refractivity contribution in [1.29, 1.82) is 0 Å². The van der Waals surface area contributed by atoms with Crippen LogP contribution in [0.25, 0.3) is 0 Å². The monoisotopic (exact) mass is 392 g/mol. The summed E-state index contributed by atoms with van der Waals surface area (Å²) in [6.45, 7) is 4.97. The van der Waals surface area contributed by atoms with Crippen LogP contribution >= 0.6 is 0 Å². The number of amidine groups is 1. The number of nitrogens with zero attached hydrogens (tertiary/aromatic N) is 2. The molecule has 1 fully saturated rings. The maximum Gasteiger partial charge on any atom is 0.163 e. The second kappa shape index (κ2) is 9.23. The molecule has 3 aliphatic rings. The molecule has 7 nitrogen and oxygen atoms in total. The van der Waals surface area contributed by atoms with E-state index in [4.69, 9.17) is 16.9 Å². The van der Waals surface area contributed by atoms with E-state index in [-0.39, 0.29) is 5.92 Å². The van der Waals surface area contributed by atoms with E-state index >= 15 is 0 Å². The Morgan fingerprint density at radius 1 is 1.31 bits per heavy atom. The van der Waals surface area contributed by atoms with Gasteiger partial charge in [0, 0.05) is 41.9 Å². The number of hydrogen-bond acceptors (Lipinski definition) is 5. The van der Waals surface area contributed by atoms with Crippen molar-refractivity contribution in [3.05, 3.63) is 70.6 Å². The van der Waals surface area contributed by atoms with Crippen molar-refractivity contribution in [2.45, 2.75) is 26.7 Å². The summed E-state index contributed by atoms with van der Waals surface area (Å²) in [5, 5.41) is 12.2. The first kappa shape index (κ1) is 20.4. The Morgan fingerprint density at radius 2 is 2.10 bits per heavy atom. The lowest BCUT2D eigenvalue weighted by Gasteiger charge is -2.23. The molecule has 0 aromatic rings. The van der Waals surface area contributed by atoms with Crippen molar-refractivity contribution in [3.63, 3.8) is 0 Å². The lowest BCUT2D eigenvalue weighted by atomic mass is 10.0. The first-order valence-corrected chi connectivity index (χ1v) is 9.90. The van der Waals surface area contributed by atoms with Crippen molar-refractivity contribution in [3.8, 4) is 0 Å². The van der Waals surface area contributed by atoms with Gasteiger partial charge in [0.15, 0.2) is 6.21 Å². The van der Waals surface area contributed by atoms with Gasteiger partial charge in [-0.05, 0) is 49.0 Å². The van der Waals surface area contributed by atoms with Crippen LogP contribution in [0.5, 0.6) is 0 Å². The van der Waals surface area contributed by atoms with Gasteiger partial charge in [0.2, 0.25) is 0 Å². The molecule has 7 heteroatoms. The summed E-state index contributed by atoms with van der Waals surface area (Å²) in [6.07, 6.45) is 17.1. The van der Waals surface area contributed by atoms with Crippen molar-refractivity contribution < 1.29 is 5.41 Å². The van der Waals surface area contributed by atoms with Gasteiger partial charge < -0.3 is 22.1 Å². The van der Waals surface area contributed by atoms with Crippen LogP contribution in [-0.2, 0) is 0 Å². The molecule has 0 unspecified atom stereocenters. The zero-order chi connectivity index (χ0) is 20.8. The Hall–Kier alpha value is -3.35. The number of rotatable bonds is 8. The van der Waals surface area contributed by atoms with Gasteiger partial charge in [-0.15, -0.1) is 0 Å². The van der Waals surface area contributed by atoms with Crippen molar-refractivity contribution in [1.82, 2.24) is 10.6 Å². The first-order valence-electron chi connectivity index (χ1n) is 9.90. The third kappa shape index (κ3) is 5.57. The molecule has 0 saturated heterocycles. The van der Waals surface area contributed by atoms with Gasteiger partial charge in [0.1, 0.15) is 11.7 Å². The molecule has 0 aromatic carbocycles. The zero-order valence-corrected chi connectivity index (χ0v) is 17.0. The maximum absolute atomic E-state index is 6.08. The van der Waals surface area contributed by atoms with Gasteiger partial charge in [-0.1, -0.05) is 13.8 Å². The minimum absolute atomic E-state index is 0.273. The summed E-state index contributed by atoms with van der Waals surface area (Å²) in [7, 11) is 0. The molecule has 3 rings (SSSR count). The van der Waals surface area contributed by atoms with Crippen LogP contribution in [0.15, 0.2) is 80.6 Å². The Labute approximate surface area is 172 Å². The molecule has 1 saturated carbocycles. The molecule has 1 aliphatic carbocycles. The number of dihydropyridines is 2. The number of hydrogen-bond donors (Lipinski definition) is 5. The second-order valence-electron chi connectivity index (χ2n) is 7.62. The number of fused-ring (bicyclic) bond motifs is 1. The van der Waals surface area contributed by atoms with Crippen LogP contribution in [-0.4, -0.2) is 24.8 Å². The molecule has 0 atom stereocenters. The van der Waals surface area contributed by atoms with Gasteiger partial charge in [-0.3, -0.25) is 10.4 Å². The smallest absolute Gasteiger partial charge is 0.163 e. The van der Waals surface area contributed by atoms with E-state index in [1.807, 2.05) is 30.6 Å². The highest BCUT2D eigenvalue weighted by atomic mass is 15.1. The number of nitrogens with one attached hydrogen (secondary N) is 2. The molecule has 29 heavy (non-hydrogen) atoms. The van der Waals surface area contributed by atoms with Crippen LogP contribution < -0.4 is 27.5 Å². The van der Waals surface area contributed by atoms with Crippen LogP contribution in [0, 0.1) is 11.8 Å². The summed E-state index contributed by atoms with van der Waals surface area (Å²) in [5.41, 5.74) is 16.5. The predicted molar refractivity (Wildman–Crippen MR) is 119 cm³/mol. The largest absolute Gasteiger partial charge is 0.404 e. The first-order chi connectivity index (χ1) is 14.0. The van der Waals surface area contributed by atoms with E-state index < -0.39 is 0 Å². The summed E-state index contributed by atoms with van der Waals surface area (Å²) in [5.74, 6) is 2.06. The summed E-state index contributed by atoms with van der Waals surface area (Å²) >= 11 is 0. The molecule has 2 aliphatic heterocycles. The normalized spacial score (nSPS) is 20.3. The molecule has 152 valence electrons. The maximum atomic E-state index is 6.08. The van der Waals surface area contributed by atoms with Crippen molar-refractivity contribution in [2.24, 2.45) is 33.3 Å². The summed E-state index contributed by atoms with van der Waals surface area (Å²) in [4.78, 5) is 8.97. The minimum Gasteiger partial charge on any atom is -0.404 e.